The molecule has 0 saturated carbocycles. The maximum Gasteiger partial charge on any atom is 0.388 e. The van der Waals surface area contributed by atoms with E-state index in [4.69, 9.17) is 0 Å². The molecule has 0 aliphatic heterocycles. The fourth-order valence-electron chi connectivity index (χ4n) is 1.05. The van der Waals surface area contributed by atoms with Crippen LogP contribution in [0.3, 0.4) is 0 Å². The summed E-state index contributed by atoms with van der Waals surface area (Å²) in [6.45, 7) is -0.898. The van der Waals surface area contributed by atoms with Gasteiger partial charge in [-0.25, -0.2) is 0 Å². The first-order valence-corrected chi connectivity index (χ1v) is 4.20. The van der Waals surface area contributed by atoms with Crippen LogP contribution in [0.4, 0.5) is 8.78 Å². The fraction of sp³-hybridized carbons (Fsp3) is 0.500. The number of alkyl halides is 2. The second kappa shape index (κ2) is 5.28. The molecule has 1 rings (SSSR count). The normalized spacial score (nSPS) is 12.5. The Hall–Kier alpha value is -1.66. The third-order valence-corrected chi connectivity index (χ3v) is 1.61. The van der Waals surface area contributed by atoms with Gasteiger partial charge in [-0.15, -0.1) is 5.10 Å². The minimum absolute atomic E-state index is 0.182. The Labute approximate surface area is 84.4 Å². The maximum absolute atomic E-state index is 11.8. The molecule has 1 aromatic rings. The molecule has 1 unspecified atom stereocenters. The third kappa shape index (κ3) is 3.92. The van der Waals surface area contributed by atoms with Gasteiger partial charge in [0.15, 0.2) is 0 Å². The van der Waals surface area contributed by atoms with Crippen LogP contribution in [-0.4, -0.2) is 29.4 Å². The van der Waals surface area contributed by atoms with Crippen molar-refractivity contribution < 1.29 is 23.0 Å². The van der Waals surface area contributed by atoms with Crippen LogP contribution in [0, 0.1) is 0 Å². The minimum atomic E-state index is -2.90. The molecular weight excluding hydrogens is 210 g/mol. The van der Waals surface area contributed by atoms with E-state index in [1.165, 1.54) is 6.07 Å². The first kappa shape index (κ1) is 11.4. The highest BCUT2D eigenvalue weighted by molar-refractivity contribution is 5.37. The average Bonchev–Trinajstić information content (AvgIpc) is 2.51. The Morgan fingerprint density at radius 2 is 2.40 bits per heavy atom. The number of nitrogens with zero attached hydrogens (tertiary/aromatic N) is 1. The summed E-state index contributed by atoms with van der Waals surface area (Å²) in [7, 11) is 0. The monoisotopic (exact) mass is 220 g/mol. The van der Waals surface area contributed by atoms with Crippen LogP contribution in [0.2, 0.25) is 0 Å². The van der Waals surface area contributed by atoms with Crippen LogP contribution < -0.4 is 4.74 Å². The van der Waals surface area contributed by atoms with E-state index in [-0.39, 0.29) is 12.0 Å². The van der Waals surface area contributed by atoms with Gasteiger partial charge in [-0.05, 0) is 6.92 Å². The van der Waals surface area contributed by atoms with E-state index in [1.54, 1.807) is 6.92 Å². The van der Waals surface area contributed by atoms with Crippen molar-refractivity contribution in [3.05, 3.63) is 11.8 Å². The summed E-state index contributed by atoms with van der Waals surface area (Å²) in [5.41, 5.74) is 0.556. The summed E-state index contributed by atoms with van der Waals surface area (Å²) in [5, 5.41) is 5.99. The van der Waals surface area contributed by atoms with E-state index in [1.807, 2.05) is 0 Å². The third-order valence-electron chi connectivity index (χ3n) is 1.61. The molecule has 1 atom stereocenters. The topological polar surface area (TPSA) is 64.2 Å². The Balaban J connectivity index is 2.48. The van der Waals surface area contributed by atoms with E-state index in [0.717, 1.165) is 0 Å². The SMILES string of the molecule is CC(Cc1cc(OC(F)F)n[nH]1)OC=O. The van der Waals surface area contributed by atoms with Crippen LogP contribution in [0.5, 0.6) is 5.88 Å². The molecule has 0 fully saturated rings. The standard InChI is InChI=1S/C8H10F2N2O3/c1-5(14-4-13)2-6-3-7(12-11-6)15-8(9)10/h3-5,8H,2H2,1H3,(H,11,12). The Morgan fingerprint density at radius 1 is 1.67 bits per heavy atom. The summed E-state index contributed by atoms with van der Waals surface area (Å²) in [5.74, 6) is -0.182. The lowest BCUT2D eigenvalue weighted by Gasteiger charge is -2.06. The molecule has 1 aromatic heterocycles. The molecule has 0 aliphatic rings. The van der Waals surface area contributed by atoms with E-state index in [2.05, 4.69) is 19.7 Å². The largest absolute Gasteiger partial charge is 0.464 e. The number of carbonyl (C=O) groups is 1. The van der Waals surface area contributed by atoms with Gasteiger partial charge in [-0.2, -0.15) is 8.78 Å². The first-order valence-electron chi connectivity index (χ1n) is 4.20. The van der Waals surface area contributed by atoms with Gasteiger partial charge < -0.3 is 9.47 Å². The van der Waals surface area contributed by atoms with Gasteiger partial charge in [0.05, 0.1) is 0 Å². The Bertz CT molecular complexity index is 317. The van der Waals surface area contributed by atoms with Gasteiger partial charge in [0.2, 0.25) is 5.88 Å². The van der Waals surface area contributed by atoms with Crippen LogP contribution in [0.25, 0.3) is 0 Å². The van der Waals surface area contributed by atoms with Crippen molar-refractivity contribution in [1.82, 2.24) is 10.2 Å². The summed E-state index contributed by atoms with van der Waals surface area (Å²) in [4.78, 5) is 9.98. The average molecular weight is 220 g/mol. The first-order chi connectivity index (χ1) is 7.11. The van der Waals surface area contributed by atoms with Crippen molar-refractivity contribution in [3.63, 3.8) is 0 Å². The van der Waals surface area contributed by atoms with Gasteiger partial charge in [0.1, 0.15) is 6.10 Å². The number of carbonyl (C=O) groups excluding carboxylic acids is 1. The zero-order valence-electron chi connectivity index (χ0n) is 7.94. The Morgan fingerprint density at radius 3 is 3.00 bits per heavy atom. The number of nitrogens with one attached hydrogen (secondary N) is 1. The van der Waals surface area contributed by atoms with Gasteiger partial charge in [-0.3, -0.25) is 9.89 Å². The van der Waals surface area contributed by atoms with Crippen molar-refractivity contribution in [3.8, 4) is 5.88 Å². The lowest BCUT2D eigenvalue weighted by atomic mass is 10.2. The van der Waals surface area contributed by atoms with E-state index >= 15 is 0 Å². The highest BCUT2D eigenvalue weighted by Crippen LogP contribution is 2.13. The van der Waals surface area contributed by atoms with Crippen LogP contribution >= 0.6 is 0 Å². The lowest BCUT2D eigenvalue weighted by Crippen LogP contribution is -2.10. The molecule has 15 heavy (non-hydrogen) atoms. The van der Waals surface area contributed by atoms with Crippen LogP contribution in [0.15, 0.2) is 6.07 Å². The molecule has 0 spiro atoms. The number of aromatic amines is 1. The van der Waals surface area contributed by atoms with Crippen molar-refractivity contribution in [2.75, 3.05) is 0 Å². The molecule has 7 heteroatoms. The predicted molar refractivity (Wildman–Crippen MR) is 45.5 cm³/mol. The van der Waals surface area contributed by atoms with Gasteiger partial charge in [0.25, 0.3) is 6.47 Å². The summed E-state index contributed by atoms with van der Waals surface area (Å²) < 4.78 is 32.2. The number of ether oxygens (including phenoxy) is 2. The second-order valence-corrected chi connectivity index (χ2v) is 2.86. The molecule has 84 valence electrons. The number of H-pyrrole nitrogens is 1. The second-order valence-electron chi connectivity index (χ2n) is 2.86. The maximum atomic E-state index is 11.8. The number of rotatable bonds is 6. The molecule has 0 bridgehead atoms. The van der Waals surface area contributed by atoms with E-state index in [0.29, 0.717) is 18.6 Å². The Kier molecular flexibility index (Phi) is 4.02. The van der Waals surface area contributed by atoms with Gasteiger partial charge >= 0.3 is 6.61 Å². The summed E-state index contributed by atoms with van der Waals surface area (Å²) in [6.07, 6.45) is 0.0144. The highest BCUT2D eigenvalue weighted by atomic mass is 19.3. The lowest BCUT2D eigenvalue weighted by molar-refractivity contribution is -0.132. The van der Waals surface area contributed by atoms with E-state index in [9.17, 15) is 13.6 Å². The molecule has 0 saturated heterocycles. The molecule has 5 nitrogen and oxygen atoms in total. The molecule has 0 aromatic carbocycles. The summed E-state index contributed by atoms with van der Waals surface area (Å²) >= 11 is 0. The number of aromatic nitrogens is 2. The van der Waals surface area contributed by atoms with Crippen molar-refractivity contribution in [2.24, 2.45) is 0 Å². The molecule has 1 heterocycles. The zero-order chi connectivity index (χ0) is 11.3. The van der Waals surface area contributed by atoms with Crippen molar-refractivity contribution in [1.29, 1.82) is 0 Å². The van der Waals surface area contributed by atoms with Gasteiger partial charge in [-0.1, -0.05) is 0 Å². The quantitative estimate of drug-likeness (QED) is 0.729. The number of halogens is 2. The predicted octanol–water partition coefficient (Wildman–Crippen LogP) is 1.12. The van der Waals surface area contributed by atoms with Crippen LogP contribution in [0.1, 0.15) is 12.6 Å². The number of hydrogen-bond acceptors (Lipinski definition) is 4. The van der Waals surface area contributed by atoms with Crippen LogP contribution in [-0.2, 0) is 16.0 Å². The molecule has 0 radical (unpaired) electrons. The van der Waals surface area contributed by atoms with Crippen molar-refractivity contribution >= 4 is 6.47 Å². The number of hydrogen-bond donors (Lipinski definition) is 1. The summed E-state index contributed by atoms with van der Waals surface area (Å²) in [6, 6.07) is 1.33. The van der Waals surface area contributed by atoms with E-state index < -0.39 is 6.61 Å². The highest BCUT2D eigenvalue weighted by Gasteiger charge is 2.10. The molecule has 1 N–H and O–H groups in total. The minimum Gasteiger partial charge on any atom is -0.464 e. The van der Waals surface area contributed by atoms with Gasteiger partial charge in [0, 0.05) is 18.2 Å². The smallest absolute Gasteiger partial charge is 0.388 e. The van der Waals surface area contributed by atoms with Crippen molar-refractivity contribution in [2.45, 2.75) is 26.1 Å². The molecule has 0 amide bonds. The fourth-order valence-corrected chi connectivity index (χ4v) is 1.05. The zero-order valence-corrected chi connectivity index (χ0v) is 7.94. The molecular formula is C8H10F2N2O3. The molecule has 0 aliphatic carbocycles.